The van der Waals surface area contributed by atoms with Crippen LogP contribution in [0.15, 0.2) is 48.5 Å². The molecule has 0 fully saturated rings. The number of rotatable bonds is 2. The van der Waals surface area contributed by atoms with Crippen LogP contribution >= 0.6 is 11.6 Å². The number of benzene rings is 2. The summed E-state index contributed by atoms with van der Waals surface area (Å²) >= 11 is 5.96. The first-order valence-corrected chi connectivity index (χ1v) is 7.54. The molecule has 0 aromatic heterocycles. The average Bonchev–Trinajstić information content (AvgIpc) is 2.71. The number of hydrogen-bond donors (Lipinski definition) is 1. The van der Waals surface area contributed by atoms with Gasteiger partial charge in [-0.2, -0.15) is 0 Å². The molecule has 2 aromatic carbocycles. The molecule has 2 aromatic rings. The van der Waals surface area contributed by atoms with Gasteiger partial charge >= 0.3 is 0 Å². The second kappa shape index (κ2) is 4.83. The lowest BCUT2D eigenvalue weighted by Crippen LogP contribution is -2.54. The first kappa shape index (κ1) is 15.1. The van der Waals surface area contributed by atoms with E-state index in [4.69, 9.17) is 11.6 Å². The standard InChI is InChI=1S/C18H18ClNO2/c1-17(2,12-8-10-13(19)11-9-12)18(22)15-7-5-4-6-14(15)16(21)20(18)3/h4-11,22H,1-3H3. The van der Waals surface area contributed by atoms with Crippen LogP contribution in [0.25, 0.3) is 0 Å². The summed E-state index contributed by atoms with van der Waals surface area (Å²) < 4.78 is 0. The Morgan fingerprint density at radius 3 is 2.32 bits per heavy atom. The van der Waals surface area contributed by atoms with Crippen molar-refractivity contribution in [2.45, 2.75) is 25.0 Å². The minimum absolute atomic E-state index is 0.167. The first-order valence-electron chi connectivity index (χ1n) is 7.16. The summed E-state index contributed by atoms with van der Waals surface area (Å²) in [4.78, 5) is 13.9. The number of aliphatic hydroxyl groups is 1. The molecule has 0 saturated carbocycles. The van der Waals surface area contributed by atoms with Gasteiger partial charge in [0.2, 0.25) is 0 Å². The van der Waals surface area contributed by atoms with Crippen LogP contribution in [0.1, 0.15) is 35.3 Å². The number of nitrogens with zero attached hydrogens (tertiary/aromatic N) is 1. The predicted molar refractivity (Wildman–Crippen MR) is 86.9 cm³/mol. The largest absolute Gasteiger partial charge is 0.366 e. The van der Waals surface area contributed by atoms with E-state index in [2.05, 4.69) is 0 Å². The first-order chi connectivity index (χ1) is 10.3. The predicted octanol–water partition coefficient (Wildman–Crippen LogP) is 3.55. The van der Waals surface area contributed by atoms with Crippen LogP contribution in [0.5, 0.6) is 0 Å². The van der Waals surface area contributed by atoms with Crippen molar-refractivity contribution in [1.82, 2.24) is 4.90 Å². The van der Waals surface area contributed by atoms with Crippen molar-refractivity contribution in [2.24, 2.45) is 0 Å². The number of hydrogen-bond acceptors (Lipinski definition) is 2. The van der Waals surface area contributed by atoms with E-state index in [0.29, 0.717) is 16.1 Å². The quantitative estimate of drug-likeness (QED) is 0.920. The van der Waals surface area contributed by atoms with Crippen molar-refractivity contribution >= 4 is 17.5 Å². The molecular formula is C18H18ClNO2. The van der Waals surface area contributed by atoms with Gasteiger partial charge in [0.1, 0.15) is 0 Å². The van der Waals surface area contributed by atoms with Gasteiger partial charge in [0.15, 0.2) is 5.72 Å². The molecule has 0 spiro atoms. The molecule has 1 aliphatic heterocycles. The van der Waals surface area contributed by atoms with Crippen LogP contribution in [-0.4, -0.2) is 23.0 Å². The molecule has 0 bridgehead atoms. The summed E-state index contributed by atoms with van der Waals surface area (Å²) in [5, 5.41) is 12.1. The van der Waals surface area contributed by atoms with Gasteiger partial charge in [-0.1, -0.05) is 55.8 Å². The van der Waals surface area contributed by atoms with Crippen LogP contribution in [-0.2, 0) is 11.1 Å². The lowest BCUT2D eigenvalue weighted by Gasteiger charge is -2.45. The molecule has 1 N–H and O–H groups in total. The molecule has 1 heterocycles. The van der Waals surface area contributed by atoms with E-state index in [9.17, 15) is 9.90 Å². The fraction of sp³-hybridized carbons (Fsp3) is 0.278. The summed E-state index contributed by atoms with van der Waals surface area (Å²) in [5.74, 6) is -0.167. The highest BCUT2D eigenvalue weighted by Gasteiger charge is 2.56. The van der Waals surface area contributed by atoms with Crippen molar-refractivity contribution in [1.29, 1.82) is 0 Å². The zero-order valence-corrected chi connectivity index (χ0v) is 13.6. The Bertz CT molecular complexity index is 739. The molecule has 3 rings (SSSR count). The van der Waals surface area contributed by atoms with Gasteiger partial charge in [-0.15, -0.1) is 0 Å². The summed E-state index contributed by atoms with van der Waals surface area (Å²) in [6.07, 6.45) is 0. The van der Waals surface area contributed by atoms with Gasteiger partial charge in [0.25, 0.3) is 5.91 Å². The van der Waals surface area contributed by atoms with E-state index in [0.717, 1.165) is 5.56 Å². The minimum atomic E-state index is -1.41. The highest BCUT2D eigenvalue weighted by molar-refractivity contribution is 6.30. The summed E-state index contributed by atoms with van der Waals surface area (Å²) in [6.45, 7) is 3.87. The van der Waals surface area contributed by atoms with Gasteiger partial charge in [-0.05, 0) is 23.8 Å². The number of likely N-dealkylation sites (N-methyl/N-ethyl adjacent to an activating group) is 1. The van der Waals surface area contributed by atoms with Crippen LogP contribution in [0, 0.1) is 0 Å². The molecule has 1 amide bonds. The molecule has 1 unspecified atom stereocenters. The Labute approximate surface area is 135 Å². The van der Waals surface area contributed by atoms with Crippen molar-refractivity contribution < 1.29 is 9.90 Å². The van der Waals surface area contributed by atoms with Gasteiger partial charge in [-0.25, -0.2) is 0 Å². The summed E-state index contributed by atoms with van der Waals surface area (Å²) in [6, 6.07) is 14.6. The van der Waals surface area contributed by atoms with Crippen LogP contribution < -0.4 is 0 Å². The molecule has 3 nitrogen and oxygen atoms in total. The Hall–Kier alpha value is -1.84. The second-order valence-electron chi connectivity index (χ2n) is 6.21. The Kier molecular flexibility index (Phi) is 3.31. The highest BCUT2D eigenvalue weighted by Crippen LogP contribution is 2.49. The molecule has 0 radical (unpaired) electrons. The molecule has 0 saturated heterocycles. The van der Waals surface area contributed by atoms with Gasteiger partial charge in [0.05, 0.1) is 0 Å². The fourth-order valence-corrected chi connectivity index (χ4v) is 3.43. The Morgan fingerprint density at radius 1 is 1.09 bits per heavy atom. The molecular weight excluding hydrogens is 298 g/mol. The molecule has 22 heavy (non-hydrogen) atoms. The fourth-order valence-electron chi connectivity index (χ4n) is 3.31. The zero-order valence-electron chi connectivity index (χ0n) is 12.8. The average molecular weight is 316 g/mol. The van der Waals surface area contributed by atoms with Gasteiger partial charge in [-0.3, -0.25) is 4.79 Å². The number of carbonyl (C=O) groups excluding carboxylic acids is 1. The minimum Gasteiger partial charge on any atom is -0.366 e. The maximum absolute atomic E-state index is 12.5. The number of halogens is 1. The number of carbonyl (C=O) groups is 1. The van der Waals surface area contributed by atoms with E-state index in [-0.39, 0.29) is 5.91 Å². The number of amides is 1. The molecule has 1 atom stereocenters. The van der Waals surface area contributed by atoms with E-state index in [1.807, 2.05) is 44.2 Å². The molecule has 1 aliphatic rings. The topological polar surface area (TPSA) is 40.5 Å². The maximum atomic E-state index is 12.5. The monoisotopic (exact) mass is 315 g/mol. The Balaban J connectivity index is 2.21. The van der Waals surface area contributed by atoms with Crippen molar-refractivity contribution in [3.8, 4) is 0 Å². The second-order valence-corrected chi connectivity index (χ2v) is 6.65. The third kappa shape index (κ3) is 1.82. The van der Waals surface area contributed by atoms with E-state index in [1.54, 1.807) is 25.2 Å². The zero-order chi connectivity index (χ0) is 16.1. The van der Waals surface area contributed by atoms with E-state index in [1.165, 1.54) is 4.90 Å². The maximum Gasteiger partial charge on any atom is 0.256 e. The van der Waals surface area contributed by atoms with Crippen LogP contribution in [0.4, 0.5) is 0 Å². The normalized spacial score (nSPS) is 21.1. The van der Waals surface area contributed by atoms with Crippen molar-refractivity contribution in [3.63, 3.8) is 0 Å². The van der Waals surface area contributed by atoms with Crippen molar-refractivity contribution in [2.75, 3.05) is 7.05 Å². The van der Waals surface area contributed by atoms with Gasteiger partial charge in [0, 0.05) is 28.6 Å². The Morgan fingerprint density at radius 2 is 1.68 bits per heavy atom. The van der Waals surface area contributed by atoms with Crippen LogP contribution in [0.3, 0.4) is 0 Å². The van der Waals surface area contributed by atoms with Crippen molar-refractivity contribution in [3.05, 3.63) is 70.2 Å². The third-order valence-corrected chi connectivity index (χ3v) is 5.01. The third-order valence-electron chi connectivity index (χ3n) is 4.76. The van der Waals surface area contributed by atoms with Gasteiger partial charge < -0.3 is 10.0 Å². The highest BCUT2D eigenvalue weighted by atomic mass is 35.5. The summed E-state index contributed by atoms with van der Waals surface area (Å²) in [5.41, 5.74) is -0.00364. The SMILES string of the molecule is CN1C(=O)c2ccccc2C1(O)C(C)(C)c1ccc(Cl)cc1. The molecule has 114 valence electrons. The summed E-state index contributed by atoms with van der Waals surface area (Å²) in [7, 11) is 1.64. The smallest absolute Gasteiger partial charge is 0.256 e. The lowest BCUT2D eigenvalue weighted by atomic mass is 9.72. The molecule has 0 aliphatic carbocycles. The van der Waals surface area contributed by atoms with Crippen LogP contribution in [0.2, 0.25) is 5.02 Å². The molecule has 4 heteroatoms. The number of fused-ring (bicyclic) bond motifs is 1. The van der Waals surface area contributed by atoms with E-state index >= 15 is 0 Å². The lowest BCUT2D eigenvalue weighted by molar-refractivity contribution is -0.124. The van der Waals surface area contributed by atoms with E-state index < -0.39 is 11.1 Å².